The van der Waals surface area contributed by atoms with E-state index < -0.39 is 12.1 Å². The molecule has 0 amide bonds. The van der Waals surface area contributed by atoms with Crippen LogP contribution in [0.25, 0.3) is 0 Å². The first-order valence-electron chi connectivity index (χ1n) is 5.70. The standard InChI is InChI=1S/C15H12O4/c16-10-11-5-4-8-13(9-11)19-14(15(17)18)12-6-2-1-3-7-12/h1-10,14H,(H,17,18)/t14-/m1/s1. The number of aliphatic carboxylic acids is 1. The Morgan fingerprint density at radius 2 is 1.84 bits per heavy atom. The van der Waals surface area contributed by atoms with Crippen molar-refractivity contribution >= 4 is 12.3 Å². The highest BCUT2D eigenvalue weighted by Gasteiger charge is 2.21. The largest absolute Gasteiger partial charge is 0.478 e. The second-order valence-electron chi connectivity index (χ2n) is 3.94. The number of hydrogen-bond acceptors (Lipinski definition) is 3. The fourth-order valence-corrected chi connectivity index (χ4v) is 1.69. The van der Waals surface area contributed by atoms with Gasteiger partial charge in [0.2, 0.25) is 6.10 Å². The van der Waals surface area contributed by atoms with Gasteiger partial charge in [-0.05, 0) is 12.1 Å². The van der Waals surface area contributed by atoms with Gasteiger partial charge >= 0.3 is 5.97 Å². The Morgan fingerprint density at radius 3 is 2.47 bits per heavy atom. The minimum absolute atomic E-state index is 0.348. The SMILES string of the molecule is O=Cc1cccc(O[C@@H](C(=O)O)c2ccccc2)c1. The summed E-state index contributed by atoms with van der Waals surface area (Å²) < 4.78 is 5.45. The predicted molar refractivity (Wildman–Crippen MR) is 69.3 cm³/mol. The van der Waals surface area contributed by atoms with Gasteiger partial charge in [-0.25, -0.2) is 4.79 Å². The van der Waals surface area contributed by atoms with E-state index in [-0.39, 0.29) is 0 Å². The highest BCUT2D eigenvalue weighted by atomic mass is 16.5. The summed E-state index contributed by atoms with van der Waals surface area (Å²) >= 11 is 0. The quantitative estimate of drug-likeness (QED) is 0.835. The number of carboxylic acids is 1. The summed E-state index contributed by atoms with van der Waals surface area (Å²) in [7, 11) is 0. The second-order valence-corrected chi connectivity index (χ2v) is 3.94. The summed E-state index contributed by atoms with van der Waals surface area (Å²) in [6.07, 6.45) is -0.409. The van der Waals surface area contributed by atoms with Crippen molar-refractivity contribution in [1.29, 1.82) is 0 Å². The lowest BCUT2D eigenvalue weighted by molar-refractivity contribution is -0.145. The molecule has 0 heterocycles. The summed E-state index contributed by atoms with van der Waals surface area (Å²) in [6, 6.07) is 15.0. The normalized spacial score (nSPS) is 11.6. The molecule has 0 spiro atoms. The molecule has 19 heavy (non-hydrogen) atoms. The molecule has 4 heteroatoms. The van der Waals surface area contributed by atoms with Crippen LogP contribution in [-0.4, -0.2) is 17.4 Å². The topological polar surface area (TPSA) is 63.6 Å². The Bertz CT molecular complexity index is 578. The lowest BCUT2D eigenvalue weighted by Gasteiger charge is -2.15. The molecule has 0 saturated heterocycles. The summed E-state index contributed by atoms with van der Waals surface area (Å²) in [5, 5.41) is 9.22. The van der Waals surface area contributed by atoms with E-state index >= 15 is 0 Å². The number of carbonyl (C=O) groups is 2. The van der Waals surface area contributed by atoms with Crippen LogP contribution in [0.3, 0.4) is 0 Å². The maximum absolute atomic E-state index is 11.3. The van der Waals surface area contributed by atoms with E-state index in [1.807, 2.05) is 0 Å². The molecule has 0 aliphatic carbocycles. The van der Waals surface area contributed by atoms with Gasteiger partial charge < -0.3 is 9.84 Å². The Morgan fingerprint density at radius 1 is 1.11 bits per heavy atom. The van der Waals surface area contributed by atoms with Gasteiger partial charge in [-0.1, -0.05) is 42.5 Å². The van der Waals surface area contributed by atoms with Crippen molar-refractivity contribution in [1.82, 2.24) is 0 Å². The summed E-state index contributed by atoms with van der Waals surface area (Å²) in [5.74, 6) is -0.733. The van der Waals surface area contributed by atoms with Crippen molar-refractivity contribution in [3.05, 3.63) is 65.7 Å². The van der Waals surface area contributed by atoms with Crippen LogP contribution in [0.1, 0.15) is 22.0 Å². The summed E-state index contributed by atoms with van der Waals surface area (Å²) in [5.41, 5.74) is 0.987. The minimum Gasteiger partial charge on any atom is -0.478 e. The third-order valence-corrected chi connectivity index (χ3v) is 2.57. The molecular weight excluding hydrogens is 244 g/mol. The van der Waals surface area contributed by atoms with Crippen LogP contribution in [0.4, 0.5) is 0 Å². The smallest absolute Gasteiger partial charge is 0.349 e. The number of aldehydes is 1. The number of hydrogen-bond donors (Lipinski definition) is 1. The van der Waals surface area contributed by atoms with Crippen molar-refractivity contribution in [2.24, 2.45) is 0 Å². The van der Waals surface area contributed by atoms with Gasteiger partial charge in [0.05, 0.1) is 0 Å². The first kappa shape index (κ1) is 12.8. The summed E-state index contributed by atoms with van der Waals surface area (Å²) in [6.45, 7) is 0. The van der Waals surface area contributed by atoms with Crippen molar-refractivity contribution in [2.75, 3.05) is 0 Å². The van der Waals surface area contributed by atoms with Crippen LogP contribution in [0.2, 0.25) is 0 Å². The Labute approximate surface area is 110 Å². The molecule has 1 N–H and O–H groups in total. The van der Waals surface area contributed by atoms with Crippen molar-refractivity contribution < 1.29 is 19.4 Å². The zero-order valence-corrected chi connectivity index (χ0v) is 10.0. The minimum atomic E-state index is -1.09. The maximum atomic E-state index is 11.3. The molecule has 0 aliphatic rings. The first-order valence-corrected chi connectivity index (χ1v) is 5.70. The Kier molecular flexibility index (Phi) is 3.93. The second kappa shape index (κ2) is 5.82. The number of carboxylic acid groups (broad SMARTS) is 1. The van der Waals surface area contributed by atoms with Gasteiger partial charge in [0.15, 0.2) is 0 Å². The highest BCUT2D eigenvalue weighted by molar-refractivity contribution is 5.76. The summed E-state index contributed by atoms with van der Waals surface area (Å²) in [4.78, 5) is 21.9. The van der Waals surface area contributed by atoms with Gasteiger partial charge in [-0.2, -0.15) is 0 Å². The lowest BCUT2D eigenvalue weighted by atomic mass is 10.1. The molecule has 0 unspecified atom stereocenters. The first-order chi connectivity index (χ1) is 9.20. The number of carbonyl (C=O) groups excluding carboxylic acids is 1. The fourth-order valence-electron chi connectivity index (χ4n) is 1.69. The molecule has 96 valence electrons. The number of rotatable bonds is 5. The van der Waals surface area contributed by atoms with E-state index in [9.17, 15) is 14.7 Å². The molecule has 2 aromatic rings. The maximum Gasteiger partial charge on any atom is 0.349 e. The average molecular weight is 256 g/mol. The molecule has 0 radical (unpaired) electrons. The molecule has 0 aromatic heterocycles. The van der Waals surface area contributed by atoms with Crippen molar-refractivity contribution in [3.8, 4) is 5.75 Å². The Hall–Kier alpha value is -2.62. The van der Waals surface area contributed by atoms with E-state index in [4.69, 9.17) is 4.74 Å². The lowest BCUT2D eigenvalue weighted by Crippen LogP contribution is -2.18. The van der Waals surface area contributed by atoms with Gasteiger partial charge in [-0.3, -0.25) is 4.79 Å². The molecule has 0 saturated carbocycles. The van der Waals surface area contributed by atoms with Gasteiger partial charge in [0.25, 0.3) is 0 Å². The van der Waals surface area contributed by atoms with Gasteiger partial charge in [0.1, 0.15) is 12.0 Å². The fraction of sp³-hybridized carbons (Fsp3) is 0.0667. The van der Waals surface area contributed by atoms with Crippen LogP contribution in [0.15, 0.2) is 54.6 Å². The van der Waals surface area contributed by atoms with E-state index in [2.05, 4.69) is 0 Å². The van der Waals surface area contributed by atoms with Crippen LogP contribution in [0.5, 0.6) is 5.75 Å². The highest BCUT2D eigenvalue weighted by Crippen LogP contribution is 2.22. The molecule has 2 aromatic carbocycles. The zero-order valence-electron chi connectivity index (χ0n) is 10.0. The average Bonchev–Trinajstić information content (AvgIpc) is 2.45. The van der Waals surface area contributed by atoms with Gasteiger partial charge in [-0.15, -0.1) is 0 Å². The molecular formula is C15H12O4. The van der Waals surface area contributed by atoms with Gasteiger partial charge in [0, 0.05) is 11.1 Å². The third-order valence-electron chi connectivity index (χ3n) is 2.57. The van der Waals surface area contributed by atoms with E-state index in [1.54, 1.807) is 48.5 Å². The van der Waals surface area contributed by atoms with Crippen LogP contribution in [0, 0.1) is 0 Å². The number of ether oxygens (including phenoxy) is 1. The van der Waals surface area contributed by atoms with Crippen molar-refractivity contribution in [2.45, 2.75) is 6.10 Å². The number of benzene rings is 2. The van der Waals surface area contributed by atoms with Crippen LogP contribution < -0.4 is 4.74 Å². The molecule has 1 atom stereocenters. The van der Waals surface area contributed by atoms with E-state index in [0.717, 1.165) is 0 Å². The van der Waals surface area contributed by atoms with Crippen molar-refractivity contribution in [3.63, 3.8) is 0 Å². The molecule has 0 fully saturated rings. The molecule has 4 nitrogen and oxygen atoms in total. The predicted octanol–water partition coefficient (Wildman–Crippen LogP) is 2.70. The van der Waals surface area contributed by atoms with Crippen LogP contribution in [-0.2, 0) is 4.79 Å². The molecule has 2 rings (SSSR count). The molecule has 0 aliphatic heterocycles. The Balaban J connectivity index is 2.26. The van der Waals surface area contributed by atoms with Crippen LogP contribution >= 0.6 is 0 Å². The van der Waals surface area contributed by atoms with E-state index in [1.165, 1.54) is 6.07 Å². The third kappa shape index (κ3) is 3.19. The molecule has 0 bridgehead atoms. The zero-order chi connectivity index (χ0) is 13.7. The van der Waals surface area contributed by atoms with E-state index in [0.29, 0.717) is 23.2 Å². The monoisotopic (exact) mass is 256 g/mol.